The van der Waals surface area contributed by atoms with E-state index in [0.29, 0.717) is 22.9 Å². The second-order valence-electron chi connectivity index (χ2n) is 4.96. The molecular formula is C16H21N5O2. The molecule has 0 aliphatic rings. The molecule has 0 fully saturated rings. The van der Waals surface area contributed by atoms with Crippen LogP contribution in [0.25, 0.3) is 0 Å². The number of nitrogens with two attached hydrogens (primary N) is 1. The third-order valence-electron chi connectivity index (χ3n) is 3.28. The highest BCUT2D eigenvalue weighted by atomic mass is 16.5. The molecule has 2 aromatic rings. The van der Waals surface area contributed by atoms with Gasteiger partial charge in [0.1, 0.15) is 12.0 Å². The number of unbranched alkanes of at least 4 members (excludes halogenated alkanes) is 1. The molecule has 4 N–H and O–H groups in total. The van der Waals surface area contributed by atoms with Gasteiger partial charge in [0.15, 0.2) is 11.6 Å². The number of benzene rings is 1. The van der Waals surface area contributed by atoms with E-state index in [9.17, 15) is 4.79 Å². The van der Waals surface area contributed by atoms with E-state index >= 15 is 0 Å². The minimum atomic E-state index is -0.375. The highest BCUT2D eigenvalue weighted by molar-refractivity contribution is 5.90. The van der Waals surface area contributed by atoms with E-state index in [-0.39, 0.29) is 5.97 Å². The van der Waals surface area contributed by atoms with Gasteiger partial charge in [0.25, 0.3) is 0 Å². The monoisotopic (exact) mass is 315 g/mol. The fraction of sp³-hybridized carbons (Fsp3) is 0.312. The van der Waals surface area contributed by atoms with E-state index < -0.39 is 0 Å². The van der Waals surface area contributed by atoms with Crippen LogP contribution in [0.4, 0.5) is 23.0 Å². The van der Waals surface area contributed by atoms with Gasteiger partial charge in [-0.05, 0) is 30.7 Å². The predicted molar refractivity (Wildman–Crippen MR) is 90.9 cm³/mol. The van der Waals surface area contributed by atoms with Gasteiger partial charge in [0.05, 0.1) is 12.7 Å². The molecule has 23 heavy (non-hydrogen) atoms. The van der Waals surface area contributed by atoms with Crippen LogP contribution in [-0.4, -0.2) is 29.6 Å². The average molecular weight is 315 g/mol. The first-order valence-corrected chi connectivity index (χ1v) is 7.45. The fourth-order valence-corrected chi connectivity index (χ4v) is 1.96. The summed E-state index contributed by atoms with van der Waals surface area (Å²) < 4.78 is 4.67. The lowest BCUT2D eigenvalue weighted by atomic mass is 10.2. The molecule has 0 atom stereocenters. The van der Waals surface area contributed by atoms with Gasteiger partial charge in [0.2, 0.25) is 0 Å². The number of carbonyl (C=O) groups is 1. The maximum Gasteiger partial charge on any atom is 0.337 e. The molecule has 7 nitrogen and oxygen atoms in total. The molecule has 0 aliphatic carbocycles. The van der Waals surface area contributed by atoms with Crippen LogP contribution in [0.15, 0.2) is 30.6 Å². The molecule has 2 rings (SSSR count). The zero-order valence-electron chi connectivity index (χ0n) is 13.3. The van der Waals surface area contributed by atoms with Gasteiger partial charge >= 0.3 is 5.97 Å². The lowest BCUT2D eigenvalue weighted by Gasteiger charge is -2.12. The van der Waals surface area contributed by atoms with Crippen molar-refractivity contribution in [1.29, 1.82) is 0 Å². The molecule has 0 radical (unpaired) electrons. The van der Waals surface area contributed by atoms with E-state index in [4.69, 9.17) is 5.73 Å². The van der Waals surface area contributed by atoms with Crippen LogP contribution in [0.5, 0.6) is 0 Å². The number of hydrogen-bond donors (Lipinski definition) is 3. The summed E-state index contributed by atoms with van der Waals surface area (Å²) in [5, 5.41) is 6.31. The summed E-state index contributed by atoms with van der Waals surface area (Å²) in [5.41, 5.74) is 7.80. The van der Waals surface area contributed by atoms with E-state index in [1.54, 1.807) is 24.3 Å². The third-order valence-corrected chi connectivity index (χ3v) is 3.28. The molecule has 0 spiro atoms. The topological polar surface area (TPSA) is 102 Å². The summed E-state index contributed by atoms with van der Waals surface area (Å²) in [6.45, 7) is 2.93. The first-order valence-electron chi connectivity index (χ1n) is 7.45. The van der Waals surface area contributed by atoms with Gasteiger partial charge < -0.3 is 21.1 Å². The Morgan fingerprint density at radius 1 is 1.22 bits per heavy atom. The molecule has 7 heteroatoms. The van der Waals surface area contributed by atoms with Crippen molar-refractivity contribution < 1.29 is 9.53 Å². The van der Waals surface area contributed by atoms with Crippen molar-refractivity contribution in [2.75, 3.05) is 30.0 Å². The molecule has 1 heterocycles. The van der Waals surface area contributed by atoms with Crippen LogP contribution >= 0.6 is 0 Å². The van der Waals surface area contributed by atoms with Crippen molar-refractivity contribution in [2.45, 2.75) is 19.8 Å². The normalized spacial score (nSPS) is 10.2. The summed E-state index contributed by atoms with van der Waals surface area (Å²) in [4.78, 5) is 19.7. The molecule has 0 unspecified atom stereocenters. The van der Waals surface area contributed by atoms with Crippen molar-refractivity contribution in [1.82, 2.24) is 9.97 Å². The number of nitrogens with one attached hydrogen (secondary N) is 2. The Morgan fingerprint density at radius 3 is 2.57 bits per heavy atom. The number of aromatic nitrogens is 2. The van der Waals surface area contributed by atoms with Gasteiger partial charge in [-0.25, -0.2) is 14.8 Å². The van der Waals surface area contributed by atoms with Crippen molar-refractivity contribution in [3.05, 3.63) is 36.2 Å². The number of esters is 1. The van der Waals surface area contributed by atoms with Crippen molar-refractivity contribution in [3.63, 3.8) is 0 Å². The Morgan fingerprint density at radius 2 is 1.91 bits per heavy atom. The molecule has 0 amide bonds. The number of nitrogen functional groups attached to an aromatic ring is 1. The van der Waals surface area contributed by atoms with Crippen LogP contribution in [0.2, 0.25) is 0 Å². The summed E-state index contributed by atoms with van der Waals surface area (Å²) >= 11 is 0. The lowest BCUT2D eigenvalue weighted by molar-refractivity contribution is 0.0601. The van der Waals surface area contributed by atoms with E-state index in [2.05, 4.69) is 32.3 Å². The number of hydrogen-bond acceptors (Lipinski definition) is 7. The Balaban J connectivity index is 2.10. The van der Waals surface area contributed by atoms with Gasteiger partial charge in [-0.15, -0.1) is 0 Å². The number of ether oxygens (including phenoxy) is 1. The van der Waals surface area contributed by atoms with Gasteiger partial charge in [0, 0.05) is 12.2 Å². The SMILES string of the molecule is CCCCNc1ncnc(Nc2ccc(C(=O)OC)cc2)c1N. The van der Waals surface area contributed by atoms with Crippen LogP contribution in [0.3, 0.4) is 0 Å². The predicted octanol–water partition coefficient (Wildman–Crippen LogP) is 2.80. The smallest absolute Gasteiger partial charge is 0.337 e. The van der Waals surface area contributed by atoms with Crippen LogP contribution in [0, 0.1) is 0 Å². The molecule has 1 aromatic heterocycles. The first kappa shape index (κ1) is 16.5. The first-order chi connectivity index (χ1) is 11.2. The molecule has 122 valence electrons. The van der Waals surface area contributed by atoms with Crippen molar-refractivity contribution >= 4 is 29.0 Å². The summed E-state index contributed by atoms with van der Waals surface area (Å²) in [7, 11) is 1.35. The van der Waals surface area contributed by atoms with Gasteiger partial charge in [-0.1, -0.05) is 13.3 Å². The number of methoxy groups -OCH3 is 1. The molecular weight excluding hydrogens is 294 g/mol. The number of anilines is 4. The minimum Gasteiger partial charge on any atom is -0.465 e. The van der Waals surface area contributed by atoms with Crippen molar-refractivity contribution in [3.8, 4) is 0 Å². The second kappa shape index (κ2) is 7.98. The highest BCUT2D eigenvalue weighted by Crippen LogP contribution is 2.25. The van der Waals surface area contributed by atoms with Crippen molar-refractivity contribution in [2.24, 2.45) is 0 Å². The van der Waals surface area contributed by atoms with Gasteiger partial charge in [-0.2, -0.15) is 0 Å². The van der Waals surface area contributed by atoms with Crippen LogP contribution < -0.4 is 16.4 Å². The van der Waals surface area contributed by atoms with E-state index in [1.165, 1.54) is 13.4 Å². The Kier molecular flexibility index (Phi) is 5.74. The maximum atomic E-state index is 11.4. The summed E-state index contributed by atoms with van der Waals surface area (Å²) in [6.07, 6.45) is 3.59. The second-order valence-corrected chi connectivity index (χ2v) is 4.96. The average Bonchev–Trinajstić information content (AvgIpc) is 2.58. The largest absolute Gasteiger partial charge is 0.465 e. The highest BCUT2D eigenvalue weighted by Gasteiger charge is 2.09. The lowest BCUT2D eigenvalue weighted by Crippen LogP contribution is -2.09. The zero-order valence-corrected chi connectivity index (χ0v) is 13.3. The van der Waals surface area contributed by atoms with Crippen LogP contribution in [0.1, 0.15) is 30.1 Å². The molecule has 0 saturated heterocycles. The molecule has 0 saturated carbocycles. The maximum absolute atomic E-state index is 11.4. The molecule has 0 bridgehead atoms. The fourth-order valence-electron chi connectivity index (χ4n) is 1.96. The number of carbonyl (C=O) groups excluding carboxylic acids is 1. The quantitative estimate of drug-likeness (QED) is 0.533. The molecule has 0 aliphatic heterocycles. The van der Waals surface area contributed by atoms with E-state index in [0.717, 1.165) is 25.1 Å². The minimum absolute atomic E-state index is 0.375. The number of rotatable bonds is 7. The summed E-state index contributed by atoms with van der Waals surface area (Å²) in [6, 6.07) is 6.87. The standard InChI is InChI=1S/C16H21N5O2/c1-3-4-9-18-14-13(17)15(20-10-19-14)21-12-7-5-11(6-8-12)16(22)23-2/h5-8,10H,3-4,9,17H2,1-2H3,(H2,18,19,20,21). The molecule has 1 aromatic carbocycles. The Hall–Kier alpha value is -2.83. The Bertz CT molecular complexity index is 658. The third kappa shape index (κ3) is 4.32. The summed E-state index contributed by atoms with van der Waals surface area (Å²) in [5.74, 6) is 0.757. The zero-order chi connectivity index (χ0) is 16.7. The van der Waals surface area contributed by atoms with Gasteiger partial charge in [-0.3, -0.25) is 0 Å². The Labute approximate surface area is 135 Å². The number of nitrogens with zero attached hydrogens (tertiary/aromatic N) is 2. The van der Waals surface area contributed by atoms with E-state index in [1.807, 2.05) is 0 Å². The van der Waals surface area contributed by atoms with Crippen LogP contribution in [-0.2, 0) is 4.74 Å².